The second-order valence-corrected chi connectivity index (χ2v) is 12.2. The Morgan fingerprint density at radius 3 is 2.50 bits per heavy atom. The highest BCUT2D eigenvalue weighted by Gasteiger charge is 2.67. The lowest BCUT2D eigenvalue weighted by Crippen LogP contribution is -2.59. The van der Waals surface area contributed by atoms with Gasteiger partial charge >= 0.3 is 11.9 Å². The molecule has 4 aliphatic rings. The third-order valence-electron chi connectivity index (χ3n) is 8.96. The molecule has 0 amide bonds. The third-order valence-corrected chi connectivity index (χ3v) is 8.96. The van der Waals surface area contributed by atoms with Gasteiger partial charge in [-0.3, -0.25) is 19.2 Å². The van der Waals surface area contributed by atoms with Crippen LogP contribution >= 0.6 is 0 Å². The normalized spacial score (nSPS) is 35.4. The Labute approximate surface area is 213 Å². The zero-order valence-electron chi connectivity index (χ0n) is 22.2. The number of fused-ring (bicyclic) bond motifs is 4. The lowest BCUT2D eigenvalue weighted by Gasteiger charge is -2.54. The van der Waals surface area contributed by atoms with E-state index in [0.29, 0.717) is 25.7 Å². The highest BCUT2D eigenvalue weighted by molar-refractivity contribution is 6.01. The maximum atomic E-state index is 13.8. The van der Waals surface area contributed by atoms with Crippen molar-refractivity contribution in [3.05, 3.63) is 34.9 Å². The van der Waals surface area contributed by atoms with Crippen LogP contribution in [0.1, 0.15) is 80.1 Å². The quantitative estimate of drug-likeness (QED) is 0.448. The van der Waals surface area contributed by atoms with Crippen molar-refractivity contribution in [1.82, 2.24) is 0 Å². The van der Waals surface area contributed by atoms with Gasteiger partial charge in [0.15, 0.2) is 18.0 Å². The van der Waals surface area contributed by atoms with E-state index in [2.05, 4.69) is 0 Å². The molecule has 0 heterocycles. The van der Waals surface area contributed by atoms with Gasteiger partial charge in [-0.05, 0) is 83.4 Å². The first-order chi connectivity index (χ1) is 16.7. The molecule has 1 fully saturated rings. The number of carbonyl (C=O) groups is 4. The molecule has 5 atom stereocenters. The molecule has 1 N–H and O–H groups in total. The van der Waals surface area contributed by atoms with E-state index in [9.17, 15) is 24.3 Å². The first kappa shape index (κ1) is 26.5. The van der Waals surface area contributed by atoms with Crippen LogP contribution in [-0.2, 0) is 28.7 Å². The van der Waals surface area contributed by atoms with E-state index in [1.54, 1.807) is 39.8 Å². The van der Waals surface area contributed by atoms with E-state index in [4.69, 9.17) is 9.47 Å². The van der Waals surface area contributed by atoms with Crippen LogP contribution in [0.25, 0.3) is 0 Å². The summed E-state index contributed by atoms with van der Waals surface area (Å²) in [6.45, 7) is 10.3. The van der Waals surface area contributed by atoms with Crippen molar-refractivity contribution in [1.29, 1.82) is 0 Å². The number of hydrogen-bond donors (Lipinski definition) is 1. The fourth-order valence-electron chi connectivity index (χ4n) is 7.00. The number of Topliss-reactive ketones (excluding diaryl/α,β-unsaturated/α-hetero) is 1. The van der Waals surface area contributed by atoms with Crippen molar-refractivity contribution >= 4 is 23.5 Å². The average molecular weight is 499 g/mol. The summed E-state index contributed by atoms with van der Waals surface area (Å²) in [5.74, 6) is -1.54. The predicted octanol–water partition coefficient (Wildman–Crippen LogP) is 4.18. The Kier molecular flexibility index (Phi) is 6.47. The minimum Gasteiger partial charge on any atom is -0.457 e. The molecule has 4 rings (SSSR count). The molecule has 36 heavy (non-hydrogen) atoms. The summed E-state index contributed by atoms with van der Waals surface area (Å²) in [6, 6.07) is 0. The molecular weight excluding hydrogens is 460 g/mol. The Morgan fingerprint density at radius 1 is 1.17 bits per heavy atom. The molecule has 0 saturated heterocycles. The van der Waals surface area contributed by atoms with Gasteiger partial charge in [-0.25, -0.2) is 0 Å². The van der Waals surface area contributed by atoms with Crippen molar-refractivity contribution in [2.45, 2.75) is 91.8 Å². The predicted molar refractivity (Wildman–Crippen MR) is 133 cm³/mol. The van der Waals surface area contributed by atoms with Gasteiger partial charge in [0, 0.05) is 17.3 Å². The lowest BCUT2D eigenvalue weighted by atomic mass is 9.52. The Morgan fingerprint density at radius 2 is 1.86 bits per heavy atom. The minimum atomic E-state index is -1.49. The number of ether oxygens (including phenoxy) is 2. The van der Waals surface area contributed by atoms with Crippen molar-refractivity contribution in [3.63, 3.8) is 0 Å². The molecule has 7 nitrogen and oxygen atoms in total. The first-order valence-corrected chi connectivity index (χ1v) is 13.0. The van der Waals surface area contributed by atoms with Crippen LogP contribution in [0.15, 0.2) is 34.9 Å². The molecule has 4 aliphatic carbocycles. The van der Waals surface area contributed by atoms with Gasteiger partial charge in [0.25, 0.3) is 0 Å². The van der Waals surface area contributed by atoms with Gasteiger partial charge in [-0.2, -0.15) is 0 Å². The van der Waals surface area contributed by atoms with Gasteiger partial charge in [0.2, 0.25) is 5.78 Å². The van der Waals surface area contributed by atoms with Crippen LogP contribution in [-0.4, -0.2) is 46.9 Å². The largest absolute Gasteiger partial charge is 0.457 e. The number of aliphatic hydroxyl groups excluding tert-OH is 1. The van der Waals surface area contributed by atoms with Gasteiger partial charge in [0.05, 0.1) is 11.5 Å². The molecule has 0 bridgehead atoms. The molecule has 0 radical (unpaired) electrons. The fraction of sp³-hybridized carbons (Fsp3) is 0.655. The van der Waals surface area contributed by atoms with Crippen LogP contribution < -0.4 is 0 Å². The molecular formula is C29H38O7. The second-order valence-electron chi connectivity index (χ2n) is 12.2. The SMILES string of the molecule is CCC(=O)O[C@]1(C(=O)COC(=O)C(C)(C)C)CC[C@H]2C3=C([C@@H](O)C[C@@]21C)[C@@]1(C)C=CC(=O)C=C1CC3. The van der Waals surface area contributed by atoms with E-state index in [1.807, 2.05) is 19.9 Å². The van der Waals surface area contributed by atoms with Gasteiger partial charge < -0.3 is 14.6 Å². The van der Waals surface area contributed by atoms with Crippen LogP contribution in [0.2, 0.25) is 0 Å². The van der Waals surface area contributed by atoms with E-state index < -0.39 is 52.3 Å². The molecule has 7 heteroatoms. The summed E-state index contributed by atoms with van der Waals surface area (Å²) in [4.78, 5) is 50.8. The minimum absolute atomic E-state index is 0.0385. The number of esters is 2. The monoisotopic (exact) mass is 498 g/mol. The summed E-state index contributed by atoms with van der Waals surface area (Å²) >= 11 is 0. The van der Waals surface area contributed by atoms with Crippen LogP contribution in [0, 0.1) is 22.2 Å². The molecule has 0 aromatic heterocycles. The van der Waals surface area contributed by atoms with Crippen molar-refractivity contribution < 1.29 is 33.8 Å². The van der Waals surface area contributed by atoms with E-state index in [-0.39, 0.29) is 24.5 Å². The standard InChI is InChI=1S/C29H38O7/c1-7-23(33)36-29(22(32)16-35-25(34)26(2,3)4)13-11-20-19-9-8-17-14-18(30)10-12-27(17,5)24(19)21(31)15-28(20,29)6/h10,12,14,20-21,31H,7-9,11,13,15-16H2,1-6H3/t20-,21-,27-,28-,29-/m0/s1. The zero-order valence-corrected chi connectivity index (χ0v) is 22.2. The molecule has 0 aliphatic heterocycles. The fourth-order valence-corrected chi connectivity index (χ4v) is 7.00. The zero-order chi connectivity index (χ0) is 26.7. The molecule has 0 aromatic carbocycles. The highest BCUT2D eigenvalue weighted by atomic mass is 16.6. The summed E-state index contributed by atoms with van der Waals surface area (Å²) < 4.78 is 11.4. The summed E-state index contributed by atoms with van der Waals surface area (Å²) in [7, 11) is 0. The lowest BCUT2D eigenvalue weighted by molar-refractivity contribution is -0.188. The Hall–Kier alpha value is -2.54. The number of hydrogen-bond acceptors (Lipinski definition) is 7. The van der Waals surface area contributed by atoms with Crippen molar-refractivity contribution in [2.75, 3.05) is 6.61 Å². The number of aliphatic hydroxyl groups is 1. The smallest absolute Gasteiger partial charge is 0.311 e. The third kappa shape index (κ3) is 3.90. The van der Waals surface area contributed by atoms with Crippen LogP contribution in [0.3, 0.4) is 0 Å². The van der Waals surface area contributed by atoms with Gasteiger partial charge in [-0.1, -0.05) is 31.1 Å². The number of carbonyl (C=O) groups excluding carboxylic acids is 4. The van der Waals surface area contributed by atoms with Crippen molar-refractivity contribution in [2.24, 2.45) is 22.2 Å². The summed E-state index contributed by atoms with van der Waals surface area (Å²) in [5, 5.41) is 11.6. The average Bonchev–Trinajstić information content (AvgIpc) is 3.08. The molecule has 1 saturated carbocycles. The van der Waals surface area contributed by atoms with Gasteiger partial charge in [-0.15, -0.1) is 0 Å². The topological polar surface area (TPSA) is 107 Å². The highest BCUT2D eigenvalue weighted by Crippen LogP contribution is 2.65. The molecule has 0 aromatic rings. The summed E-state index contributed by atoms with van der Waals surface area (Å²) in [5.41, 5.74) is -0.638. The van der Waals surface area contributed by atoms with E-state index in [0.717, 1.165) is 16.7 Å². The number of allylic oxidation sites excluding steroid dienone is 5. The molecule has 0 unspecified atom stereocenters. The number of ketones is 2. The van der Waals surface area contributed by atoms with E-state index in [1.165, 1.54) is 0 Å². The van der Waals surface area contributed by atoms with Gasteiger partial charge in [0.1, 0.15) is 0 Å². The summed E-state index contributed by atoms with van der Waals surface area (Å²) in [6.07, 6.45) is 6.92. The van der Waals surface area contributed by atoms with Crippen LogP contribution in [0.4, 0.5) is 0 Å². The van der Waals surface area contributed by atoms with Crippen LogP contribution in [0.5, 0.6) is 0 Å². The van der Waals surface area contributed by atoms with Crippen molar-refractivity contribution in [3.8, 4) is 0 Å². The number of rotatable bonds is 5. The Bertz CT molecular complexity index is 1100. The maximum Gasteiger partial charge on any atom is 0.311 e. The first-order valence-electron chi connectivity index (χ1n) is 13.0. The molecule has 0 spiro atoms. The maximum absolute atomic E-state index is 13.8. The Balaban J connectivity index is 1.75. The molecule has 196 valence electrons. The second kappa shape index (κ2) is 8.79. The van der Waals surface area contributed by atoms with E-state index >= 15 is 0 Å².